The van der Waals surface area contributed by atoms with E-state index in [9.17, 15) is 13.6 Å². The Balaban J connectivity index is 0.00000306. The molecule has 0 radical (unpaired) electrons. The Bertz CT molecular complexity index is 1090. The molecule has 2 atom stereocenters. The largest absolute Gasteiger partial charge is 0.340 e. The van der Waals surface area contributed by atoms with Crippen LogP contribution in [-0.4, -0.2) is 31.6 Å². The van der Waals surface area contributed by atoms with Gasteiger partial charge < -0.3 is 16.0 Å². The fourth-order valence-electron chi connectivity index (χ4n) is 4.52. The monoisotopic (exact) mass is 480 g/mol. The first kappa shape index (κ1) is 25.1. The first-order valence-electron chi connectivity index (χ1n) is 11.2. The number of carbonyl (C=O) groups is 1. The number of aromatic amines is 1. The van der Waals surface area contributed by atoms with E-state index in [1.165, 1.54) is 4.68 Å². The van der Waals surface area contributed by atoms with Crippen molar-refractivity contribution in [3.63, 3.8) is 0 Å². The third kappa shape index (κ3) is 5.52. The molecule has 1 saturated carbocycles. The molecule has 0 spiro atoms. The maximum atomic E-state index is 13.8. The minimum atomic E-state index is -2.65. The summed E-state index contributed by atoms with van der Waals surface area (Å²) in [7, 11) is 1.69. The maximum Gasteiger partial charge on any atom is 0.270 e. The zero-order valence-electron chi connectivity index (χ0n) is 18.9. The smallest absolute Gasteiger partial charge is 0.270 e. The highest BCUT2D eigenvalue weighted by atomic mass is 35.5. The van der Waals surface area contributed by atoms with Crippen LogP contribution in [0.5, 0.6) is 0 Å². The molecule has 2 heterocycles. The van der Waals surface area contributed by atoms with E-state index in [1.54, 1.807) is 19.3 Å². The molecule has 1 fully saturated rings. The Kier molecular flexibility index (Phi) is 7.74. The fourth-order valence-corrected chi connectivity index (χ4v) is 4.52. The van der Waals surface area contributed by atoms with Crippen LogP contribution in [0.3, 0.4) is 0 Å². The average Bonchev–Trinajstić information content (AvgIpc) is 3.37. The number of hydrogen-bond donors (Lipinski definition) is 3. The van der Waals surface area contributed by atoms with Crippen molar-refractivity contribution in [2.24, 2.45) is 18.7 Å². The summed E-state index contributed by atoms with van der Waals surface area (Å²) >= 11 is 0. The molecule has 4 rings (SSSR count). The van der Waals surface area contributed by atoms with Crippen LogP contribution in [0.25, 0.3) is 11.0 Å². The van der Waals surface area contributed by atoms with Crippen molar-refractivity contribution < 1.29 is 13.6 Å². The highest BCUT2D eigenvalue weighted by Gasteiger charge is 2.39. The molecule has 0 bridgehead atoms. The molecular weight excluding hydrogens is 450 g/mol. The molecule has 3 aromatic rings. The number of fused-ring (bicyclic) bond motifs is 1. The van der Waals surface area contributed by atoms with E-state index in [1.807, 2.05) is 18.2 Å². The molecule has 7 nitrogen and oxygen atoms in total. The van der Waals surface area contributed by atoms with Crippen molar-refractivity contribution in [1.82, 2.24) is 25.1 Å². The van der Waals surface area contributed by atoms with E-state index in [0.29, 0.717) is 24.4 Å². The second-order valence-electron chi connectivity index (χ2n) is 8.78. The molecule has 0 saturated heterocycles. The normalized spacial score (nSPS) is 18.0. The molecule has 1 amide bonds. The van der Waals surface area contributed by atoms with Crippen molar-refractivity contribution in [2.45, 2.75) is 63.5 Å². The summed E-state index contributed by atoms with van der Waals surface area (Å²) in [4.78, 5) is 21.0. The number of nitrogens with two attached hydrogens (primary N) is 1. The summed E-state index contributed by atoms with van der Waals surface area (Å²) in [5.74, 6) is -2.52. The summed E-state index contributed by atoms with van der Waals surface area (Å²) in [5.41, 5.74) is 9.25. The molecule has 2 unspecified atom stereocenters. The summed E-state index contributed by atoms with van der Waals surface area (Å²) in [6.07, 6.45) is 3.66. The van der Waals surface area contributed by atoms with Gasteiger partial charge in [-0.1, -0.05) is 19.4 Å². The number of imidazole rings is 1. The lowest BCUT2D eigenvalue weighted by Crippen LogP contribution is -2.38. The van der Waals surface area contributed by atoms with Gasteiger partial charge in [-0.25, -0.2) is 13.8 Å². The van der Waals surface area contributed by atoms with Crippen LogP contribution >= 0.6 is 12.4 Å². The fraction of sp³-hybridized carbons (Fsp3) is 0.522. The van der Waals surface area contributed by atoms with Gasteiger partial charge in [0.1, 0.15) is 11.5 Å². The number of H-pyrrole nitrogens is 1. The van der Waals surface area contributed by atoms with Crippen LogP contribution in [0.1, 0.15) is 79.4 Å². The quantitative estimate of drug-likeness (QED) is 0.451. The number of alkyl halides is 2. The number of carbonyl (C=O) groups excluding carboxylic acids is 1. The first-order valence-corrected chi connectivity index (χ1v) is 11.2. The number of benzene rings is 1. The van der Waals surface area contributed by atoms with Crippen LogP contribution in [0, 0.1) is 5.92 Å². The van der Waals surface area contributed by atoms with Crippen molar-refractivity contribution >= 4 is 29.3 Å². The zero-order chi connectivity index (χ0) is 22.9. The molecular formula is C23H31ClF2N6O. The van der Waals surface area contributed by atoms with Gasteiger partial charge >= 0.3 is 0 Å². The van der Waals surface area contributed by atoms with Gasteiger partial charge in [0.05, 0.1) is 17.1 Å². The first-order chi connectivity index (χ1) is 15.3. The van der Waals surface area contributed by atoms with Crippen LogP contribution in [0.2, 0.25) is 0 Å². The summed E-state index contributed by atoms with van der Waals surface area (Å²) in [6.45, 7) is 2.09. The number of aryl methyl sites for hydroxylation is 1. The van der Waals surface area contributed by atoms with E-state index in [4.69, 9.17) is 10.7 Å². The van der Waals surface area contributed by atoms with Crippen molar-refractivity contribution in [3.8, 4) is 0 Å². The molecule has 10 heteroatoms. The Morgan fingerprint density at radius 1 is 1.33 bits per heavy atom. The lowest BCUT2D eigenvalue weighted by Gasteiger charge is -2.33. The van der Waals surface area contributed by atoms with Crippen LogP contribution < -0.4 is 11.1 Å². The molecule has 2 aromatic heterocycles. The summed E-state index contributed by atoms with van der Waals surface area (Å²) in [5, 5.41) is 7.08. The molecule has 4 N–H and O–H groups in total. The van der Waals surface area contributed by atoms with Gasteiger partial charge in [0, 0.05) is 32.1 Å². The molecule has 0 aliphatic heterocycles. The van der Waals surface area contributed by atoms with Crippen LogP contribution in [0.15, 0.2) is 30.5 Å². The molecule has 1 aliphatic carbocycles. The van der Waals surface area contributed by atoms with Gasteiger partial charge in [0.15, 0.2) is 0 Å². The second kappa shape index (κ2) is 10.2. The third-order valence-corrected chi connectivity index (χ3v) is 6.42. The number of nitrogens with one attached hydrogen (secondary N) is 2. The molecule has 1 aromatic carbocycles. The number of halogens is 3. The third-order valence-electron chi connectivity index (χ3n) is 6.42. The second-order valence-corrected chi connectivity index (χ2v) is 8.78. The average molecular weight is 481 g/mol. The van der Waals surface area contributed by atoms with Crippen LogP contribution in [0.4, 0.5) is 8.78 Å². The van der Waals surface area contributed by atoms with Gasteiger partial charge in [0.2, 0.25) is 5.92 Å². The minimum Gasteiger partial charge on any atom is -0.340 e. The highest BCUT2D eigenvalue weighted by molar-refractivity contribution is 5.92. The maximum absolute atomic E-state index is 13.8. The highest BCUT2D eigenvalue weighted by Crippen LogP contribution is 2.41. The molecule has 33 heavy (non-hydrogen) atoms. The van der Waals surface area contributed by atoms with E-state index >= 15 is 0 Å². The van der Waals surface area contributed by atoms with Crippen LogP contribution in [-0.2, 0) is 7.05 Å². The predicted molar refractivity (Wildman–Crippen MR) is 125 cm³/mol. The Hall–Kier alpha value is -2.52. The number of nitrogens with zero attached hydrogens (tertiary/aromatic N) is 3. The van der Waals surface area contributed by atoms with Gasteiger partial charge in [-0.05, 0) is 48.9 Å². The Morgan fingerprint density at radius 3 is 2.70 bits per heavy atom. The number of amides is 1. The van der Waals surface area contributed by atoms with Crippen molar-refractivity contribution in [3.05, 3.63) is 47.5 Å². The Morgan fingerprint density at radius 2 is 2.06 bits per heavy atom. The lowest BCUT2D eigenvalue weighted by molar-refractivity contribution is -0.0496. The van der Waals surface area contributed by atoms with Gasteiger partial charge in [0.25, 0.3) is 5.91 Å². The van der Waals surface area contributed by atoms with Crippen molar-refractivity contribution in [1.29, 1.82) is 0 Å². The minimum absolute atomic E-state index is 0. The molecule has 1 aliphatic rings. The topological polar surface area (TPSA) is 102 Å². The van der Waals surface area contributed by atoms with Crippen molar-refractivity contribution in [2.75, 3.05) is 0 Å². The van der Waals surface area contributed by atoms with E-state index in [2.05, 4.69) is 22.3 Å². The zero-order valence-corrected chi connectivity index (χ0v) is 19.7. The standard InChI is InChI=1S/C23H30F2N6O.ClH/c1-3-4-16(26)15-5-6-17-18(13-15)29-21(28-17)20(14-7-10-23(24,25)11-8-14)30-22(32)19-9-12-27-31(19)2;/h5-6,9,12-14,16,20H,3-4,7-8,10-11,26H2,1-2H3,(H,28,29)(H,30,32);1H. The summed E-state index contributed by atoms with van der Waals surface area (Å²) < 4.78 is 29.1. The van der Waals surface area contributed by atoms with Gasteiger partial charge in [-0.15, -0.1) is 12.4 Å². The van der Waals surface area contributed by atoms with E-state index in [-0.39, 0.29) is 43.1 Å². The van der Waals surface area contributed by atoms with E-state index < -0.39 is 12.0 Å². The molecule has 180 valence electrons. The summed E-state index contributed by atoms with van der Waals surface area (Å²) in [6, 6.07) is 6.94. The van der Waals surface area contributed by atoms with Gasteiger partial charge in [-0.3, -0.25) is 9.48 Å². The van der Waals surface area contributed by atoms with Gasteiger partial charge in [-0.2, -0.15) is 5.10 Å². The lowest BCUT2D eigenvalue weighted by atomic mass is 9.81. The SMILES string of the molecule is CCCC(N)c1ccc2[nH]c(C(NC(=O)c3ccnn3C)C3CCC(F)(F)CC3)nc2c1.Cl. The number of aromatic nitrogens is 4. The predicted octanol–water partition coefficient (Wildman–Crippen LogP) is 4.81. The number of rotatable bonds is 7. The Labute approximate surface area is 197 Å². The van der Waals surface area contributed by atoms with E-state index in [0.717, 1.165) is 29.4 Å². The number of hydrogen-bond acceptors (Lipinski definition) is 4.